The van der Waals surface area contributed by atoms with Crippen LogP contribution in [-0.4, -0.2) is 54.6 Å². The molecule has 3 aromatic rings. The quantitative estimate of drug-likeness (QED) is 0.226. The second kappa shape index (κ2) is 14.2. The molecule has 44 heavy (non-hydrogen) atoms. The van der Waals surface area contributed by atoms with Crippen LogP contribution in [0, 0.1) is 41.5 Å². The Morgan fingerprint density at radius 2 is 1.05 bits per heavy atom. The Bertz CT molecular complexity index is 1460. The third-order valence-electron chi connectivity index (χ3n) is 6.78. The highest BCUT2D eigenvalue weighted by molar-refractivity contribution is 5.86. The van der Waals surface area contributed by atoms with Gasteiger partial charge in [0.2, 0.25) is 0 Å². The molecule has 3 aromatic carbocycles. The summed E-state index contributed by atoms with van der Waals surface area (Å²) in [5, 5.41) is 18.8. The minimum Gasteiger partial charge on any atom is -0.447 e. The van der Waals surface area contributed by atoms with Crippen LogP contribution >= 0.6 is 0 Å². The van der Waals surface area contributed by atoms with Crippen LogP contribution in [0.4, 0.5) is 31.4 Å². The van der Waals surface area contributed by atoms with Gasteiger partial charge in [-0.1, -0.05) is 18.2 Å². The van der Waals surface area contributed by atoms with Crippen molar-refractivity contribution in [2.75, 3.05) is 22.6 Å². The largest absolute Gasteiger partial charge is 0.447 e. The number of rotatable bonds is 7. The zero-order valence-corrected chi connectivity index (χ0v) is 25.7. The van der Waals surface area contributed by atoms with E-state index in [1.165, 1.54) is 0 Å². The molecule has 0 bridgehead atoms. The van der Waals surface area contributed by atoms with E-state index < -0.39 is 42.9 Å². The summed E-state index contributed by atoms with van der Waals surface area (Å²) in [5.74, 6) is 0. The highest BCUT2D eigenvalue weighted by Gasteiger charge is 2.43. The van der Waals surface area contributed by atoms with Crippen molar-refractivity contribution in [1.29, 1.82) is 0 Å². The van der Waals surface area contributed by atoms with Gasteiger partial charge in [-0.25, -0.2) is 14.4 Å². The fourth-order valence-corrected chi connectivity index (χ4v) is 5.28. The molecule has 0 aromatic heterocycles. The molecule has 0 spiro atoms. The Hall–Kier alpha value is -4.61. The lowest BCUT2D eigenvalue weighted by Gasteiger charge is -2.38. The van der Waals surface area contributed by atoms with Gasteiger partial charge in [0.25, 0.3) is 0 Å². The fraction of sp³-hybridized carbons (Fsp3) is 0.364. The van der Waals surface area contributed by atoms with Gasteiger partial charge in [-0.15, -0.1) is 0 Å². The van der Waals surface area contributed by atoms with Crippen molar-refractivity contribution in [1.82, 2.24) is 0 Å². The van der Waals surface area contributed by atoms with Crippen molar-refractivity contribution in [2.45, 2.75) is 72.6 Å². The smallest absolute Gasteiger partial charge is 0.412 e. The third-order valence-corrected chi connectivity index (χ3v) is 6.78. The third kappa shape index (κ3) is 9.45. The normalized spacial score (nSPS) is 19.4. The SMILES string of the molecule is Cc1cc(C)cc(NC(=O)OC[C@H]2C[C@H](OC(=O)Nc3cc(C)cc(C)c3)[C@H](OC(=O)Nc3cc(C)cc(C)c3)[C@H](O)O2)c1. The number of carbonyl (C=O) groups is 3. The van der Waals surface area contributed by atoms with Gasteiger partial charge in [-0.3, -0.25) is 16.0 Å². The number of carbonyl (C=O) groups excluding carboxylic acids is 3. The van der Waals surface area contributed by atoms with Crippen LogP contribution in [0.3, 0.4) is 0 Å². The molecule has 1 aliphatic heterocycles. The standard InChI is InChI=1S/C33H39N3O8/c1-18-7-19(2)11-24(10-18)34-31(38)41-17-27-16-28(43-32(39)35-25-12-20(3)8-21(4)13-25)29(30(37)42-27)44-33(40)36-26-14-22(5)9-23(6)15-26/h7-15,27-30,37H,16-17H2,1-6H3,(H,34,38)(H,35,39)(H,36,40)/t27-,28+,29+,30-/m1/s1. The molecule has 0 radical (unpaired) electrons. The predicted octanol–water partition coefficient (Wildman–Crippen LogP) is 6.43. The number of benzene rings is 3. The average molecular weight is 606 g/mol. The molecule has 3 amide bonds. The lowest BCUT2D eigenvalue weighted by molar-refractivity contribution is -0.248. The highest BCUT2D eigenvalue weighted by atomic mass is 16.7. The summed E-state index contributed by atoms with van der Waals surface area (Å²) in [5.41, 5.74) is 7.33. The molecular formula is C33H39N3O8. The predicted molar refractivity (Wildman–Crippen MR) is 166 cm³/mol. The number of nitrogens with one attached hydrogen (secondary N) is 3. The number of aliphatic hydroxyl groups excluding tert-OH is 1. The molecule has 4 N–H and O–H groups in total. The second-order valence-corrected chi connectivity index (χ2v) is 11.3. The van der Waals surface area contributed by atoms with Crippen LogP contribution < -0.4 is 16.0 Å². The van der Waals surface area contributed by atoms with Crippen LogP contribution in [0.2, 0.25) is 0 Å². The van der Waals surface area contributed by atoms with Gasteiger partial charge < -0.3 is 24.1 Å². The summed E-state index contributed by atoms with van der Waals surface area (Å²) < 4.78 is 22.1. The first-order valence-corrected chi connectivity index (χ1v) is 14.3. The average Bonchev–Trinajstić information content (AvgIpc) is 2.87. The summed E-state index contributed by atoms with van der Waals surface area (Å²) in [4.78, 5) is 38.2. The Labute approximate surface area is 256 Å². The zero-order valence-electron chi connectivity index (χ0n) is 25.7. The number of amides is 3. The van der Waals surface area contributed by atoms with Crippen molar-refractivity contribution in [3.8, 4) is 0 Å². The minimum absolute atomic E-state index is 0.0321. The van der Waals surface area contributed by atoms with Gasteiger partial charge in [0.1, 0.15) is 12.7 Å². The Morgan fingerprint density at radius 3 is 1.48 bits per heavy atom. The summed E-state index contributed by atoms with van der Waals surface area (Å²) in [6, 6.07) is 16.6. The van der Waals surface area contributed by atoms with Crippen LogP contribution in [0.15, 0.2) is 54.6 Å². The minimum atomic E-state index is -1.68. The van der Waals surface area contributed by atoms with Crippen molar-refractivity contribution in [3.63, 3.8) is 0 Å². The van der Waals surface area contributed by atoms with E-state index in [1.54, 1.807) is 36.4 Å². The van der Waals surface area contributed by atoms with E-state index in [1.807, 2.05) is 59.7 Å². The Kier molecular flexibility index (Phi) is 10.5. The van der Waals surface area contributed by atoms with E-state index in [2.05, 4.69) is 16.0 Å². The maximum Gasteiger partial charge on any atom is 0.412 e. The van der Waals surface area contributed by atoms with Crippen molar-refractivity contribution in [2.24, 2.45) is 0 Å². The van der Waals surface area contributed by atoms with Crippen molar-refractivity contribution < 1.29 is 38.4 Å². The Morgan fingerprint density at radius 1 is 0.659 bits per heavy atom. The summed E-state index contributed by atoms with van der Waals surface area (Å²) in [6.45, 7) is 11.2. The van der Waals surface area contributed by atoms with E-state index in [4.69, 9.17) is 18.9 Å². The first-order chi connectivity index (χ1) is 20.8. The van der Waals surface area contributed by atoms with Gasteiger partial charge in [0.15, 0.2) is 12.4 Å². The van der Waals surface area contributed by atoms with Gasteiger partial charge in [-0.05, 0) is 111 Å². The van der Waals surface area contributed by atoms with Crippen LogP contribution in [0.1, 0.15) is 39.8 Å². The lowest BCUT2D eigenvalue weighted by Crippen LogP contribution is -2.53. The highest BCUT2D eigenvalue weighted by Crippen LogP contribution is 2.27. The number of aliphatic hydroxyl groups is 1. The molecule has 11 heteroatoms. The van der Waals surface area contributed by atoms with Gasteiger partial charge in [0.05, 0.1) is 6.10 Å². The molecule has 4 atom stereocenters. The number of ether oxygens (including phenoxy) is 4. The van der Waals surface area contributed by atoms with Gasteiger partial charge >= 0.3 is 18.3 Å². The molecule has 0 saturated carbocycles. The number of hydrogen-bond donors (Lipinski definition) is 4. The first-order valence-electron chi connectivity index (χ1n) is 14.3. The molecule has 1 saturated heterocycles. The van der Waals surface area contributed by atoms with Gasteiger partial charge in [0, 0.05) is 23.5 Å². The molecule has 1 aliphatic rings. The Balaban J connectivity index is 1.43. The molecule has 0 unspecified atom stereocenters. The first kappa shape index (κ1) is 32.3. The molecule has 234 valence electrons. The summed E-state index contributed by atoms with van der Waals surface area (Å²) in [7, 11) is 0. The van der Waals surface area contributed by atoms with E-state index in [9.17, 15) is 19.5 Å². The van der Waals surface area contributed by atoms with E-state index >= 15 is 0 Å². The monoisotopic (exact) mass is 605 g/mol. The number of hydrogen-bond acceptors (Lipinski definition) is 8. The van der Waals surface area contributed by atoms with E-state index in [-0.39, 0.29) is 13.0 Å². The van der Waals surface area contributed by atoms with Crippen molar-refractivity contribution in [3.05, 3.63) is 88.0 Å². The fourth-order valence-electron chi connectivity index (χ4n) is 5.28. The maximum absolute atomic E-state index is 12.9. The summed E-state index contributed by atoms with van der Waals surface area (Å²) in [6.07, 6.45) is -7.48. The second-order valence-electron chi connectivity index (χ2n) is 11.3. The number of anilines is 3. The zero-order chi connectivity index (χ0) is 32.0. The lowest BCUT2D eigenvalue weighted by atomic mass is 10.0. The molecule has 1 heterocycles. The number of aryl methyl sites for hydroxylation is 6. The maximum atomic E-state index is 12.9. The topological polar surface area (TPSA) is 144 Å². The molecule has 11 nitrogen and oxygen atoms in total. The van der Waals surface area contributed by atoms with Crippen LogP contribution in [-0.2, 0) is 18.9 Å². The van der Waals surface area contributed by atoms with Crippen LogP contribution in [0.5, 0.6) is 0 Å². The summed E-state index contributed by atoms with van der Waals surface area (Å²) >= 11 is 0. The molecule has 1 fully saturated rings. The van der Waals surface area contributed by atoms with E-state index in [0.717, 1.165) is 33.4 Å². The van der Waals surface area contributed by atoms with Crippen LogP contribution in [0.25, 0.3) is 0 Å². The molecule has 4 rings (SSSR count). The van der Waals surface area contributed by atoms with Crippen molar-refractivity contribution >= 4 is 35.3 Å². The van der Waals surface area contributed by atoms with E-state index in [0.29, 0.717) is 17.1 Å². The van der Waals surface area contributed by atoms with Gasteiger partial charge in [-0.2, -0.15) is 0 Å². The molecular weight excluding hydrogens is 566 g/mol. The molecule has 0 aliphatic carbocycles.